The Morgan fingerprint density at radius 1 is 1.12 bits per heavy atom. The highest BCUT2D eigenvalue weighted by molar-refractivity contribution is 5.91. The average Bonchev–Trinajstić information content (AvgIpc) is 2.29. The number of benzene rings is 1. The lowest BCUT2D eigenvalue weighted by Crippen LogP contribution is -1.86. The quantitative estimate of drug-likeness (QED) is 0.685. The maximum absolute atomic E-state index is 10.7. The Hall–Kier alpha value is -1.37. The largest absolute Gasteiger partial charge is 0.295 e. The number of hydrogen-bond donors (Lipinski definition) is 0. The van der Waals surface area contributed by atoms with E-state index in [1.807, 2.05) is 32.1 Å². The van der Waals surface area contributed by atoms with E-state index in [0.29, 0.717) is 5.92 Å². The molecule has 0 unspecified atom stereocenters. The summed E-state index contributed by atoms with van der Waals surface area (Å²) in [4.78, 5) is 10.7. The molecule has 0 saturated carbocycles. The van der Waals surface area contributed by atoms with E-state index < -0.39 is 0 Å². The van der Waals surface area contributed by atoms with E-state index in [2.05, 4.69) is 26.0 Å². The molecule has 0 spiro atoms. The number of allylic oxidation sites excluding steroid dienone is 1. The van der Waals surface area contributed by atoms with Gasteiger partial charge in [0.1, 0.15) is 0 Å². The normalized spacial score (nSPS) is 10.1. The van der Waals surface area contributed by atoms with E-state index in [4.69, 9.17) is 0 Å². The van der Waals surface area contributed by atoms with Crippen LogP contribution in [0.25, 0.3) is 6.08 Å². The van der Waals surface area contributed by atoms with Crippen LogP contribution in [0.2, 0.25) is 0 Å². The van der Waals surface area contributed by atoms with Crippen molar-refractivity contribution in [2.24, 2.45) is 0 Å². The third kappa shape index (κ3) is 5.50. The topological polar surface area (TPSA) is 17.1 Å². The molecule has 0 bridgehead atoms. The van der Waals surface area contributed by atoms with Crippen LogP contribution < -0.4 is 0 Å². The van der Waals surface area contributed by atoms with Crippen LogP contribution in [0.3, 0.4) is 0 Å². The van der Waals surface area contributed by atoms with Crippen molar-refractivity contribution < 1.29 is 4.79 Å². The fraction of sp³-hybridized carbons (Fsp3) is 0.400. The Labute approximate surface area is 99.2 Å². The molecule has 0 N–H and O–H groups in total. The van der Waals surface area contributed by atoms with E-state index in [1.165, 1.54) is 5.56 Å². The molecular weight excluding hydrogens is 196 g/mol. The lowest BCUT2D eigenvalue weighted by atomic mass is 10.0. The van der Waals surface area contributed by atoms with Crippen LogP contribution >= 0.6 is 0 Å². The van der Waals surface area contributed by atoms with Gasteiger partial charge in [-0.05, 0) is 30.0 Å². The zero-order chi connectivity index (χ0) is 12.6. The molecule has 0 fully saturated rings. The van der Waals surface area contributed by atoms with Crippen LogP contribution in [0.4, 0.5) is 0 Å². The van der Waals surface area contributed by atoms with E-state index in [-0.39, 0.29) is 5.78 Å². The lowest BCUT2D eigenvalue weighted by Gasteiger charge is -2.04. The van der Waals surface area contributed by atoms with Crippen molar-refractivity contribution in [2.75, 3.05) is 0 Å². The van der Waals surface area contributed by atoms with Gasteiger partial charge < -0.3 is 0 Å². The van der Waals surface area contributed by atoms with Gasteiger partial charge in [-0.15, -0.1) is 0 Å². The van der Waals surface area contributed by atoms with Crippen LogP contribution in [-0.4, -0.2) is 5.78 Å². The molecule has 0 heterocycles. The molecule has 0 radical (unpaired) electrons. The van der Waals surface area contributed by atoms with Crippen molar-refractivity contribution >= 4 is 11.9 Å². The molecule has 0 aliphatic rings. The van der Waals surface area contributed by atoms with Gasteiger partial charge in [-0.3, -0.25) is 4.79 Å². The number of ketones is 1. The second-order valence-corrected chi connectivity index (χ2v) is 3.77. The number of carbonyl (C=O) groups excluding carboxylic acids is 1. The fourth-order valence-electron chi connectivity index (χ4n) is 1.21. The second kappa shape index (κ2) is 7.86. The van der Waals surface area contributed by atoms with Crippen LogP contribution in [0.15, 0.2) is 30.3 Å². The van der Waals surface area contributed by atoms with E-state index in [9.17, 15) is 4.79 Å². The van der Waals surface area contributed by atoms with Crippen LogP contribution in [0.5, 0.6) is 0 Å². The Morgan fingerprint density at radius 3 is 2.00 bits per heavy atom. The van der Waals surface area contributed by atoms with E-state index in [1.54, 1.807) is 13.0 Å². The van der Waals surface area contributed by atoms with Crippen molar-refractivity contribution in [3.8, 4) is 0 Å². The highest BCUT2D eigenvalue weighted by Crippen LogP contribution is 2.15. The van der Waals surface area contributed by atoms with Gasteiger partial charge in [-0.25, -0.2) is 0 Å². The number of carbonyl (C=O) groups is 1. The summed E-state index contributed by atoms with van der Waals surface area (Å²) >= 11 is 0. The first-order valence-electron chi connectivity index (χ1n) is 5.88. The van der Waals surface area contributed by atoms with Gasteiger partial charge in [0.05, 0.1) is 0 Å². The Morgan fingerprint density at radius 2 is 1.62 bits per heavy atom. The molecule has 88 valence electrons. The lowest BCUT2D eigenvalue weighted by molar-refractivity contribution is -0.112. The number of hydrogen-bond acceptors (Lipinski definition) is 1. The highest BCUT2D eigenvalue weighted by atomic mass is 16.1. The predicted octanol–water partition coefficient (Wildman–Crippen LogP) is 4.44. The van der Waals surface area contributed by atoms with Crippen LogP contribution in [0.1, 0.15) is 51.7 Å². The molecule has 0 amide bonds. The SMILES string of the molecule is CC.CC(=O)/C=C/c1ccc(C(C)C)cc1. The van der Waals surface area contributed by atoms with Gasteiger partial charge >= 0.3 is 0 Å². The van der Waals surface area contributed by atoms with Crippen molar-refractivity contribution in [1.29, 1.82) is 0 Å². The Balaban J connectivity index is 0.00000106. The molecule has 1 aromatic carbocycles. The molecule has 0 aromatic heterocycles. The highest BCUT2D eigenvalue weighted by Gasteiger charge is 1.96. The summed E-state index contributed by atoms with van der Waals surface area (Å²) < 4.78 is 0. The van der Waals surface area contributed by atoms with Gasteiger partial charge in [-0.2, -0.15) is 0 Å². The molecule has 1 rings (SSSR count). The fourth-order valence-corrected chi connectivity index (χ4v) is 1.21. The number of rotatable bonds is 3. The molecule has 1 heteroatoms. The van der Waals surface area contributed by atoms with Gasteiger partial charge in [0.15, 0.2) is 5.78 Å². The summed E-state index contributed by atoms with van der Waals surface area (Å²) in [5.74, 6) is 0.638. The zero-order valence-corrected chi connectivity index (χ0v) is 10.9. The van der Waals surface area contributed by atoms with Crippen LogP contribution in [0, 0.1) is 0 Å². The Kier molecular flexibility index (Phi) is 7.19. The first-order valence-corrected chi connectivity index (χ1v) is 5.88. The average molecular weight is 218 g/mol. The maximum Gasteiger partial charge on any atom is 0.152 e. The summed E-state index contributed by atoms with van der Waals surface area (Å²) in [5, 5.41) is 0. The summed E-state index contributed by atoms with van der Waals surface area (Å²) in [6.45, 7) is 9.89. The molecule has 1 aromatic rings. The first-order chi connectivity index (χ1) is 7.59. The standard InChI is InChI=1S/C13H16O.C2H6/c1-10(2)13-8-6-12(7-9-13)5-4-11(3)14;1-2/h4-10H,1-3H3;1-2H3/b5-4+;. The minimum Gasteiger partial charge on any atom is -0.295 e. The molecule has 0 aliphatic carbocycles. The molecule has 1 nitrogen and oxygen atoms in total. The van der Waals surface area contributed by atoms with Gasteiger partial charge in [0.2, 0.25) is 0 Å². The second-order valence-electron chi connectivity index (χ2n) is 3.77. The monoisotopic (exact) mass is 218 g/mol. The summed E-state index contributed by atoms with van der Waals surface area (Å²) in [5.41, 5.74) is 2.40. The van der Waals surface area contributed by atoms with Crippen LogP contribution in [-0.2, 0) is 4.79 Å². The predicted molar refractivity (Wildman–Crippen MR) is 71.6 cm³/mol. The summed E-state index contributed by atoms with van der Waals surface area (Å²) in [6, 6.07) is 8.28. The minimum absolute atomic E-state index is 0.0814. The van der Waals surface area contributed by atoms with Crippen molar-refractivity contribution in [3.63, 3.8) is 0 Å². The molecule has 0 aliphatic heterocycles. The Bertz CT molecular complexity index is 331. The third-order valence-electron chi connectivity index (χ3n) is 2.11. The van der Waals surface area contributed by atoms with Gasteiger partial charge in [-0.1, -0.05) is 58.0 Å². The molecular formula is C15H22O. The molecule has 0 saturated heterocycles. The molecule has 0 atom stereocenters. The first kappa shape index (κ1) is 14.6. The smallest absolute Gasteiger partial charge is 0.152 e. The maximum atomic E-state index is 10.7. The van der Waals surface area contributed by atoms with Crippen molar-refractivity contribution in [3.05, 3.63) is 41.5 Å². The summed E-state index contributed by atoms with van der Waals surface area (Å²) in [6.07, 6.45) is 3.43. The molecule has 16 heavy (non-hydrogen) atoms. The van der Waals surface area contributed by atoms with Gasteiger partial charge in [0.25, 0.3) is 0 Å². The van der Waals surface area contributed by atoms with E-state index >= 15 is 0 Å². The van der Waals surface area contributed by atoms with Crippen molar-refractivity contribution in [1.82, 2.24) is 0 Å². The van der Waals surface area contributed by atoms with Gasteiger partial charge in [0, 0.05) is 0 Å². The summed E-state index contributed by atoms with van der Waals surface area (Å²) in [7, 11) is 0. The minimum atomic E-state index is 0.0814. The van der Waals surface area contributed by atoms with E-state index in [0.717, 1.165) is 5.56 Å². The third-order valence-corrected chi connectivity index (χ3v) is 2.11. The van der Waals surface area contributed by atoms with Crippen molar-refractivity contribution in [2.45, 2.75) is 40.5 Å². The zero-order valence-electron chi connectivity index (χ0n) is 10.9.